The van der Waals surface area contributed by atoms with Crippen LogP contribution in [0, 0.1) is 10.1 Å². The van der Waals surface area contributed by atoms with Crippen molar-refractivity contribution in [3.63, 3.8) is 0 Å². The lowest BCUT2D eigenvalue weighted by Crippen LogP contribution is -2.44. The lowest BCUT2D eigenvalue weighted by atomic mass is 9.85. The molecular formula is C18H17N7O4. The van der Waals surface area contributed by atoms with Crippen LogP contribution in [-0.4, -0.2) is 41.9 Å². The zero-order valence-corrected chi connectivity index (χ0v) is 15.3. The van der Waals surface area contributed by atoms with Crippen LogP contribution in [-0.2, 0) is 16.9 Å². The molecule has 0 atom stereocenters. The first kappa shape index (κ1) is 19.8. The molecule has 2 aromatic carbocycles. The Morgan fingerprint density at radius 1 is 1.17 bits per heavy atom. The van der Waals surface area contributed by atoms with E-state index in [0.717, 1.165) is 4.80 Å². The molecule has 0 spiro atoms. The number of carbonyl (C=O) groups is 1. The van der Waals surface area contributed by atoms with Gasteiger partial charge in [0.1, 0.15) is 6.54 Å². The first-order valence-corrected chi connectivity index (χ1v) is 8.50. The molecule has 0 aliphatic heterocycles. The normalized spacial score (nSPS) is 11.9. The molecule has 11 heteroatoms. The van der Waals surface area contributed by atoms with E-state index in [2.05, 4.69) is 25.9 Å². The number of tetrazole rings is 1. The van der Waals surface area contributed by atoms with Crippen LogP contribution in [0.5, 0.6) is 0 Å². The van der Waals surface area contributed by atoms with Crippen LogP contribution < -0.4 is 5.43 Å². The third-order valence-corrected chi connectivity index (χ3v) is 4.04. The SMILES string of the molecule is C/C(Cn1nnc([N+](=O)[O-])n1)=N\NC(=O)C(O)(c1ccccc1)c1ccccc1. The Labute approximate surface area is 164 Å². The fourth-order valence-corrected chi connectivity index (χ4v) is 2.63. The Kier molecular flexibility index (Phi) is 5.69. The fourth-order valence-electron chi connectivity index (χ4n) is 2.63. The molecule has 0 saturated carbocycles. The maximum absolute atomic E-state index is 12.9. The number of aliphatic hydroxyl groups is 1. The minimum Gasteiger partial charge on any atom is -0.390 e. The number of rotatable bonds is 7. The average molecular weight is 395 g/mol. The van der Waals surface area contributed by atoms with Crippen molar-refractivity contribution in [3.8, 4) is 0 Å². The van der Waals surface area contributed by atoms with Crippen LogP contribution in [0.2, 0.25) is 0 Å². The largest absolute Gasteiger partial charge is 0.514 e. The van der Waals surface area contributed by atoms with E-state index in [-0.39, 0.29) is 6.54 Å². The Morgan fingerprint density at radius 3 is 2.21 bits per heavy atom. The molecule has 0 unspecified atom stereocenters. The standard InChI is InChI=1S/C18H17N7O4/c1-13(12-24-22-17(21-23-24)25(28)29)19-20-16(26)18(27,14-8-4-2-5-9-14)15-10-6-3-7-11-15/h2-11,27H,12H2,1H3,(H,20,26)/b19-13+. The van der Waals surface area contributed by atoms with E-state index < -0.39 is 22.4 Å². The first-order valence-electron chi connectivity index (χ1n) is 8.50. The summed E-state index contributed by atoms with van der Waals surface area (Å²) in [4.78, 5) is 23.7. The minimum atomic E-state index is -1.96. The van der Waals surface area contributed by atoms with Crippen LogP contribution in [0.4, 0.5) is 5.95 Å². The van der Waals surface area contributed by atoms with Gasteiger partial charge >= 0.3 is 5.95 Å². The third-order valence-electron chi connectivity index (χ3n) is 4.04. The number of benzene rings is 2. The second-order valence-electron chi connectivity index (χ2n) is 6.11. The summed E-state index contributed by atoms with van der Waals surface area (Å²) < 4.78 is 0. The average Bonchev–Trinajstić information content (AvgIpc) is 3.21. The van der Waals surface area contributed by atoms with Gasteiger partial charge in [0, 0.05) is 5.21 Å². The number of hydrogen-bond acceptors (Lipinski definition) is 8. The van der Waals surface area contributed by atoms with Gasteiger partial charge in [0.15, 0.2) is 5.60 Å². The zero-order valence-electron chi connectivity index (χ0n) is 15.3. The molecule has 148 valence electrons. The highest BCUT2D eigenvalue weighted by Crippen LogP contribution is 2.29. The fraction of sp³-hybridized carbons (Fsp3) is 0.167. The molecule has 1 amide bonds. The van der Waals surface area contributed by atoms with E-state index in [9.17, 15) is 20.0 Å². The second-order valence-corrected chi connectivity index (χ2v) is 6.11. The molecule has 0 saturated heterocycles. The zero-order chi connectivity index (χ0) is 20.9. The van der Waals surface area contributed by atoms with Crippen LogP contribution in [0.15, 0.2) is 65.8 Å². The Morgan fingerprint density at radius 2 is 1.72 bits per heavy atom. The molecule has 1 aromatic heterocycles. The van der Waals surface area contributed by atoms with Gasteiger partial charge in [-0.2, -0.15) is 5.10 Å². The van der Waals surface area contributed by atoms with E-state index in [4.69, 9.17) is 0 Å². The summed E-state index contributed by atoms with van der Waals surface area (Å²) >= 11 is 0. The number of carbonyl (C=O) groups excluding carboxylic acids is 1. The number of hydrogen-bond donors (Lipinski definition) is 2. The number of amides is 1. The number of hydrazone groups is 1. The first-order chi connectivity index (χ1) is 13.9. The predicted octanol–water partition coefficient (Wildman–Crippen LogP) is 1.01. The molecule has 11 nitrogen and oxygen atoms in total. The van der Waals surface area contributed by atoms with Gasteiger partial charge in [-0.05, 0) is 23.0 Å². The number of nitro groups is 1. The summed E-state index contributed by atoms with van der Waals surface area (Å²) in [5, 5.41) is 36.2. The van der Waals surface area contributed by atoms with Gasteiger partial charge in [-0.25, -0.2) is 5.43 Å². The summed E-state index contributed by atoms with van der Waals surface area (Å²) in [7, 11) is 0. The summed E-state index contributed by atoms with van der Waals surface area (Å²) in [6.45, 7) is 1.54. The molecular weight excluding hydrogens is 378 g/mol. The van der Waals surface area contributed by atoms with E-state index in [0.29, 0.717) is 16.8 Å². The highest BCUT2D eigenvalue weighted by atomic mass is 16.6. The molecule has 1 heterocycles. The summed E-state index contributed by atoms with van der Waals surface area (Å²) in [5.74, 6) is -1.39. The Bertz CT molecular complexity index is 995. The smallest absolute Gasteiger partial charge is 0.390 e. The van der Waals surface area contributed by atoms with Crippen LogP contribution >= 0.6 is 0 Å². The van der Waals surface area contributed by atoms with Gasteiger partial charge in [0.05, 0.1) is 15.9 Å². The van der Waals surface area contributed by atoms with Gasteiger partial charge < -0.3 is 15.2 Å². The van der Waals surface area contributed by atoms with Crippen LogP contribution in [0.1, 0.15) is 18.1 Å². The molecule has 0 fully saturated rings. The van der Waals surface area contributed by atoms with Crippen LogP contribution in [0.25, 0.3) is 0 Å². The Hall–Kier alpha value is -3.99. The lowest BCUT2D eigenvalue weighted by molar-refractivity contribution is -0.394. The maximum atomic E-state index is 12.9. The maximum Gasteiger partial charge on any atom is 0.514 e. The van der Waals surface area contributed by atoms with Gasteiger partial charge in [-0.3, -0.25) is 4.79 Å². The summed E-state index contributed by atoms with van der Waals surface area (Å²) in [6.07, 6.45) is 0. The number of nitrogens with one attached hydrogen (secondary N) is 1. The van der Waals surface area contributed by atoms with Crippen molar-refractivity contribution >= 4 is 17.6 Å². The molecule has 0 aliphatic rings. The highest BCUT2D eigenvalue weighted by molar-refractivity contribution is 5.91. The van der Waals surface area contributed by atoms with Crippen molar-refractivity contribution in [3.05, 3.63) is 81.9 Å². The van der Waals surface area contributed by atoms with Crippen LogP contribution in [0.3, 0.4) is 0 Å². The quantitative estimate of drug-likeness (QED) is 0.344. The van der Waals surface area contributed by atoms with Crippen molar-refractivity contribution in [1.29, 1.82) is 0 Å². The summed E-state index contributed by atoms with van der Waals surface area (Å²) in [5.41, 5.74) is 1.49. The Balaban J connectivity index is 1.81. The topological polar surface area (TPSA) is 148 Å². The van der Waals surface area contributed by atoms with E-state index in [1.165, 1.54) is 0 Å². The molecule has 29 heavy (non-hydrogen) atoms. The van der Waals surface area contributed by atoms with Gasteiger partial charge in [0.2, 0.25) is 0 Å². The van der Waals surface area contributed by atoms with Gasteiger partial charge in [-0.1, -0.05) is 65.5 Å². The minimum absolute atomic E-state index is 0.0315. The van der Waals surface area contributed by atoms with E-state index in [1.54, 1.807) is 67.6 Å². The number of nitrogens with zero attached hydrogens (tertiary/aromatic N) is 6. The predicted molar refractivity (Wildman–Crippen MR) is 102 cm³/mol. The van der Waals surface area contributed by atoms with Crippen molar-refractivity contribution in [2.75, 3.05) is 0 Å². The van der Waals surface area contributed by atoms with E-state index >= 15 is 0 Å². The molecule has 0 radical (unpaired) electrons. The third kappa shape index (κ3) is 4.30. The molecule has 3 aromatic rings. The number of aromatic nitrogens is 4. The van der Waals surface area contributed by atoms with Crippen molar-refractivity contribution < 1.29 is 14.8 Å². The molecule has 0 aliphatic carbocycles. The molecule has 2 N–H and O–H groups in total. The highest BCUT2D eigenvalue weighted by Gasteiger charge is 2.39. The van der Waals surface area contributed by atoms with Crippen molar-refractivity contribution in [1.82, 2.24) is 25.6 Å². The van der Waals surface area contributed by atoms with Crippen molar-refractivity contribution in [2.24, 2.45) is 5.10 Å². The van der Waals surface area contributed by atoms with Crippen molar-refractivity contribution in [2.45, 2.75) is 19.1 Å². The summed E-state index contributed by atoms with van der Waals surface area (Å²) in [6, 6.07) is 17.0. The monoisotopic (exact) mass is 395 g/mol. The van der Waals surface area contributed by atoms with E-state index in [1.807, 2.05) is 0 Å². The molecule has 3 rings (SSSR count). The van der Waals surface area contributed by atoms with Gasteiger partial charge in [-0.15, -0.1) is 0 Å². The second kappa shape index (κ2) is 8.35. The lowest BCUT2D eigenvalue weighted by Gasteiger charge is -2.27. The van der Waals surface area contributed by atoms with Gasteiger partial charge in [0.25, 0.3) is 5.91 Å². The molecule has 0 bridgehead atoms.